The molecule has 19 heavy (non-hydrogen) atoms. The van der Waals surface area contributed by atoms with E-state index in [1.165, 1.54) is 5.56 Å². The fourth-order valence-corrected chi connectivity index (χ4v) is 2.60. The van der Waals surface area contributed by atoms with Gasteiger partial charge in [0.2, 0.25) is 0 Å². The molecule has 0 aliphatic heterocycles. The van der Waals surface area contributed by atoms with Crippen LogP contribution < -0.4 is 5.32 Å². The Morgan fingerprint density at radius 1 is 1.16 bits per heavy atom. The second-order valence-electron chi connectivity index (χ2n) is 4.71. The van der Waals surface area contributed by atoms with E-state index >= 15 is 0 Å². The van der Waals surface area contributed by atoms with E-state index in [1.807, 2.05) is 18.2 Å². The normalized spacial score (nSPS) is 12.4. The molecule has 0 amide bonds. The summed E-state index contributed by atoms with van der Waals surface area (Å²) in [6.07, 6.45) is 1.02. The molecule has 0 aromatic heterocycles. The van der Waals surface area contributed by atoms with E-state index in [-0.39, 0.29) is 0 Å². The van der Waals surface area contributed by atoms with E-state index in [2.05, 4.69) is 58.5 Å². The van der Waals surface area contributed by atoms with Crippen LogP contribution in [0.25, 0.3) is 0 Å². The fraction of sp³-hybridized carbons (Fsp3) is 0.250. The zero-order valence-electron chi connectivity index (χ0n) is 10.9. The summed E-state index contributed by atoms with van der Waals surface area (Å²) >= 11 is 9.65. The lowest BCUT2D eigenvalue weighted by molar-refractivity contribution is 0.545. The van der Waals surface area contributed by atoms with E-state index < -0.39 is 0 Å². The maximum absolute atomic E-state index is 6.18. The van der Waals surface area contributed by atoms with Crippen molar-refractivity contribution in [3.05, 3.63) is 69.2 Å². The molecule has 0 aliphatic rings. The van der Waals surface area contributed by atoms with Crippen LogP contribution in [0.5, 0.6) is 0 Å². The Balaban J connectivity index is 1.90. The van der Waals surface area contributed by atoms with E-state index in [1.54, 1.807) is 0 Å². The van der Waals surface area contributed by atoms with Crippen molar-refractivity contribution in [1.29, 1.82) is 0 Å². The summed E-state index contributed by atoms with van der Waals surface area (Å²) in [6, 6.07) is 16.9. The maximum atomic E-state index is 6.18. The standard InChI is InChI=1S/C16H17BrClN/c1-12(9-13-5-3-2-4-6-13)19-11-14-10-15(17)7-8-16(14)18/h2-8,10,12,19H,9,11H2,1H3. The van der Waals surface area contributed by atoms with Crippen LogP contribution in [-0.2, 0) is 13.0 Å². The number of rotatable bonds is 5. The maximum Gasteiger partial charge on any atom is 0.0451 e. The van der Waals surface area contributed by atoms with Gasteiger partial charge in [0.05, 0.1) is 0 Å². The van der Waals surface area contributed by atoms with Gasteiger partial charge < -0.3 is 5.32 Å². The van der Waals surface area contributed by atoms with Crippen molar-refractivity contribution in [3.63, 3.8) is 0 Å². The van der Waals surface area contributed by atoms with Gasteiger partial charge in [0, 0.05) is 22.1 Å². The van der Waals surface area contributed by atoms with E-state index in [4.69, 9.17) is 11.6 Å². The average Bonchev–Trinajstić information content (AvgIpc) is 2.41. The van der Waals surface area contributed by atoms with Crippen LogP contribution in [0.1, 0.15) is 18.1 Å². The molecule has 0 saturated heterocycles. The van der Waals surface area contributed by atoms with Gasteiger partial charge in [0.25, 0.3) is 0 Å². The monoisotopic (exact) mass is 337 g/mol. The molecular formula is C16H17BrClN. The van der Waals surface area contributed by atoms with Crippen LogP contribution >= 0.6 is 27.5 Å². The lowest BCUT2D eigenvalue weighted by Crippen LogP contribution is -2.27. The minimum absolute atomic E-state index is 0.414. The molecule has 1 nitrogen and oxygen atoms in total. The zero-order valence-corrected chi connectivity index (χ0v) is 13.2. The summed E-state index contributed by atoms with van der Waals surface area (Å²) in [6.45, 7) is 2.98. The number of hydrogen-bond donors (Lipinski definition) is 1. The predicted molar refractivity (Wildman–Crippen MR) is 85.6 cm³/mol. The van der Waals surface area contributed by atoms with Gasteiger partial charge in [-0.1, -0.05) is 57.9 Å². The molecule has 2 rings (SSSR count). The summed E-state index contributed by atoms with van der Waals surface area (Å²) < 4.78 is 1.06. The zero-order chi connectivity index (χ0) is 13.7. The molecule has 0 bridgehead atoms. The topological polar surface area (TPSA) is 12.0 Å². The molecular weight excluding hydrogens is 322 g/mol. The van der Waals surface area contributed by atoms with Gasteiger partial charge >= 0.3 is 0 Å². The van der Waals surface area contributed by atoms with Gasteiger partial charge in [-0.3, -0.25) is 0 Å². The van der Waals surface area contributed by atoms with Gasteiger partial charge in [-0.25, -0.2) is 0 Å². The minimum atomic E-state index is 0.414. The van der Waals surface area contributed by atoms with Crippen molar-refractivity contribution in [1.82, 2.24) is 5.32 Å². The Morgan fingerprint density at radius 2 is 1.89 bits per heavy atom. The fourth-order valence-electron chi connectivity index (χ4n) is 2.00. The van der Waals surface area contributed by atoms with Crippen molar-refractivity contribution in [3.8, 4) is 0 Å². The Bertz CT molecular complexity index is 528. The molecule has 0 aliphatic carbocycles. The summed E-state index contributed by atoms with van der Waals surface area (Å²) in [5.41, 5.74) is 2.47. The third-order valence-electron chi connectivity index (χ3n) is 3.03. The van der Waals surface area contributed by atoms with E-state index in [0.717, 1.165) is 28.0 Å². The molecule has 2 aromatic rings. The molecule has 0 saturated carbocycles. The van der Waals surface area contributed by atoms with Gasteiger partial charge in [-0.15, -0.1) is 0 Å². The second-order valence-corrected chi connectivity index (χ2v) is 6.03. The van der Waals surface area contributed by atoms with Gasteiger partial charge in [-0.05, 0) is 42.7 Å². The first-order chi connectivity index (χ1) is 9.15. The Morgan fingerprint density at radius 3 is 2.63 bits per heavy atom. The minimum Gasteiger partial charge on any atom is -0.310 e. The smallest absolute Gasteiger partial charge is 0.0451 e. The number of halogens is 2. The van der Waals surface area contributed by atoms with Crippen molar-refractivity contribution in [2.75, 3.05) is 0 Å². The number of nitrogens with one attached hydrogen (secondary N) is 1. The number of benzene rings is 2. The van der Waals surface area contributed by atoms with E-state index in [0.29, 0.717) is 6.04 Å². The Kier molecular flexibility index (Phi) is 5.44. The largest absolute Gasteiger partial charge is 0.310 e. The number of hydrogen-bond acceptors (Lipinski definition) is 1. The first kappa shape index (κ1) is 14.6. The predicted octanol–water partition coefficient (Wildman–Crippen LogP) is 4.82. The van der Waals surface area contributed by atoms with Crippen LogP contribution in [0, 0.1) is 0 Å². The summed E-state index contributed by atoms with van der Waals surface area (Å²) in [5, 5.41) is 4.32. The van der Waals surface area contributed by atoms with Gasteiger partial charge in [0.1, 0.15) is 0 Å². The van der Waals surface area contributed by atoms with Crippen molar-refractivity contribution < 1.29 is 0 Å². The highest BCUT2D eigenvalue weighted by Crippen LogP contribution is 2.21. The highest BCUT2D eigenvalue weighted by molar-refractivity contribution is 9.10. The summed E-state index contributed by atoms with van der Waals surface area (Å²) in [5.74, 6) is 0. The van der Waals surface area contributed by atoms with Gasteiger partial charge in [-0.2, -0.15) is 0 Å². The molecule has 0 radical (unpaired) electrons. The quantitative estimate of drug-likeness (QED) is 0.824. The Labute approximate surface area is 128 Å². The molecule has 3 heteroatoms. The molecule has 0 heterocycles. The first-order valence-corrected chi connectivity index (χ1v) is 7.53. The van der Waals surface area contributed by atoms with Crippen LogP contribution in [0.15, 0.2) is 53.0 Å². The summed E-state index contributed by atoms with van der Waals surface area (Å²) in [4.78, 5) is 0. The molecule has 1 unspecified atom stereocenters. The first-order valence-electron chi connectivity index (χ1n) is 6.36. The molecule has 100 valence electrons. The highest BCUT2D eigenvalue weighted by atomic mass is 79.9. The lowest BCUT2D eigenvalue weighted by atomic mass is 10.1. The summed E-state index contributed by atoms with van der Waals surface area (Å²) in [7, 11) is 0. The van der Waals surface area contributed by atoms with Crippen LogP contribution in [0.2, 0.25) is 5.02 Å². The van der Waals surface area contributed by atoms with Crippen molar-refractivity contribution >= 4 is 27.5 Å². The van der Waals surface area contributed by atoms with E-state index in [9.17, 15) is 0 Å². The third-order valence-corrected chi connectivity index (χ3v) is 3.90. The van der Waals surface area contributed by atoms with Crippen LogP contribution in [0.4, 0.5) is 0 Å². The van der Waals surface area contributed by atoms with Crippen molar-refractivity contribution in [2.24, 2.45) is 0 Å². The second kappa shape index (κ2) is 7.09. The highest BCUT2D eigenvalue weighted by Gasteiger charge is 2.05. The van der Waals surface area contributed by atoms with Crippen molar-refractivity contribution in [2.45, 2.75) is 25.9 Å². The molecule has 0 fully saturated rings. The molecule has 0 spiro atoms. The SMILES string of the molecule is CC(Cc1ccccc1)NCc1cc(Br)ccc1Cl. The Hall–Kier alpha value is -0.830. The third kappa shape index (κ3) is 4.64. The average molecular weight is 339 g/mol. The lowest BCUT2D eigenvalue weighted by Gasteiger charge is -2.15. The molecule has 1 N–H and O–H groups in total. The van der Waals surface area contributed by atoms with Crippen LogP contribution in [-0.4, -0.2) is 6.04 Å². The molecule has 2 aromatic carbocycles. The van der Waals surface area contributed by atoms with Gasteiger partial charge in [0.15, 0.2) is 0 Å². The molecule has 1 atom stereocenters. The van der Waals surface area contributed by atoms with Crippen LogP contribution in [0.3, 0.4) is 0 Å².